The zero-order valence-corrected chi connectivity index (χ0v) is 9.87. The fourth-order valence-corrected chi connectivity index (χ4v) is 0.859. The maximum Gasteiger partial charge on any atom is 0.333 e. The topological polar surface area (TPSA) is 52.6 Å². The second kappa shape index (κ2) is 6.22. The Kier molecular flexibility index (Phi) is 5.67. The molecule has 4 nitrogen and oxygen atoms in total. The molecule has 0 heterocycles. The van der Waals surface area contributed by atoms with Gasteiger partial charge in [-0.15, -0.1) is 0 Å². The molecule has 0 N–H and O–H groups in total. The Balaban J connectivity index is 4.31. The lowest BCUT2D eigenvalue weighted by atomic mass is 10.1. The quantitative estimate of drug-likeness (QED) is 0.528. The van der Waals surface area contributed by atoms with Crippen LogP contribution in [0.5, 0.6) is 0 Å². The van der Waals surface area contributed by atoms with Crippen LogP contribution in [0.25, 0.3) is 0 Å². The summed E-state index contributed by atoms with van der Waals surface area (Å²) >= 11 is 0. The van der Waals surface area contributed by atoms with Crippen LogP contribution in [0.1, 0.15) is 27.7 Å². The molecule has 86 valence electrons. The molecule has 0 aliphatic carbocycles. The number of esters is 2. The van der Waals surface area contributed by atoms with Crippen molar-refractivity contribution in [1.29, 1.82) is 0 Å². The molecule has 0 radical (unpaired) electrons. The van der Waals surface area contributed by atoms with Gasteiger partial charge in [-0.1, -0.05) is 6.08 Å². The van der Waals surface area contributed by atoms with E-state index in [0.717, 1.165) is 0 Å². The molecule has 2 atom stereocenters. The van der Waals surface area contributed by atoms with Crippen molar-refractivity contribution in [3.63, 3.8) is 0 Å². The molecule has 0 spiro atoms. The summed E-state index contributed by atoms with van der Waals surface area (Å²) in [4.78, 5) is 22.5. The number of allylic oxidation sites excluding steroid dienone is 1. The zero-order chi connectivity index (χ0) is 12.0. The second-order valence-electron chi connectivity index (χ2n) is 3.39. The van der Waals surface area contributed by atoms with Crippen LogP contribution >= 0.6 is 0 Å². The molecule has 0 aromatic rings. The van der Waals surface area contributed by atoms with Gasteiger partial charge in [0.1, 0.15) is 6.10 Å². The average molecular weight is 214 g/mol. The molecular formula is C11H18O4. The third-order valence-corrected chi connectivity index (χ3v) is 2.33. The lowest BCUT2D eigenvalue weighted by molar-refractivity contribution is -0.155. The number of carbonyl (C=O) groups is 2. The van der Waals surface area contributed by atoms with Gasteiger partial charge in [0.15, 0.2) is 0 Å². The average Bonchev–Trinajstić information content (AvgIpc) is 2.25. The Morgan fingerprint density at radius 1 is 1.27 bits per heavy atom. The molecule has 0 bridgehead atoms. The van der Waals surface area contributed by atoms with E-state index in [-0.39, 0.29) is 5.97 Å². The van der Waals surface area contributed by atoms with Crippen molar-refractivity contribution < 1.29 is 19.1 Å². The fourth-order valence-electron chi connectivity index (χ4n) is 0.859. The number of ether oxygens (including phenoxy) is 2. The molecule has 4 heteroatoms. The van der Waals surface area contributed by atoms with Gasteiger partial charge in [-0.2, -0.15) is 0 Å². The van der Waals surface area contributed by atoms with Crippen LogP contribution in [0.4, 0.5) is 0 Å². The summed E-state index contributed by atoms with van der Waals surface area (Å²) in [7, 11) is 1.31. The maximum atomic E-state index is 11.4. The van der Waals surface area contributed by atoms with Gasteiger partial charge < -0.3 is 9.47 Å². The number of hydrogen-bond donors (Lipinski definition) is 0. The third-order valence-electron chi connectivity index (χ3n) is 2.33. The summed E-state index contributed by atoms with van der Waals surface area (Å²) in [5.41, 5.74) is 0.527. The molecule has 0 aliphatic heterocycles. The van der Waals surface area contributed by atoms with Gasteiger partial charge in [-0.25, -0.2) is 4.79 Å². The first-order valence-electron chi connectivity index (χ1n) is 4.85. The van der Waals surface area contributed by atoms with Crippen LogP contribution in [0, 0.1) is 5.92 Å². The van der Waals surface area contributed by atoms with Crippen LogP contribution in [0.3, 0.4) is 0 Å². The Bertz CT molecular complexity index is 268. The molecule has 0 aliphatic rings. The number of rotatable bonds is 4. The van der Waals surface area contributed by atoms with Crippen molar-refractivity contribution in [3.05, 3.63) is 11.6 Å². The summed E-state index contributed by atoms with van der Waals surface area (Å²) in [6.07, 6.45) is 1.18. The lowest BCUT2D eigenvalue weighted by Gasteiger charge is -2.18. The SMILES string of the molecule is C/C=C(\C)C(=O)O[C@@H](C)[C@H](C)C(=O)OC. The summed E-state index contributed by atoms with van der Waals surface area (Å²) in [5.74, 6) is -1.24. The molecule has 0 aromatic carbocycles. The highest BCUT2D eigenvalue weighted by Crippen LogP contribution is 2.11. The maximum absolute atomic E-state index is 11.4. The van der Waals surface area contributed by atoms with E-state index in [4.69, 9.17) is 4.74 Å². The van der Waals surface area contributed by atoms with Crippen molar-refractivity contribution in [2.45, 2.75) is 33.8 Å². The predicted molar refractivity (Wildman–Crippen MR) is 56.2 cm³/mol. The number of hydrogen-bond acceptors (Lipinski definition) is 4. The predicted octanol–water partition coefficient (Wildman–Crippen LogP) is 1.69. The number of methoxy groups -OCH3 is 1. The molecule has 15 heavy (non-hydrogen) atoms. The van der Waals surface area contributed by atoms with Gasteiger partial charge in [0.25, 0.3) is 0 Å². The lowest BCUT2D eigenvalue weighted by Crippen LogP contribution is -2.29. The third kappa shape index (κ3) is 4.14. The minimum absolute atomic E-state index is 0.381. The summed E-state index contributed by atoms with van der Waals surface area (Å²) in [6, 6.07) is 0. The highest BCUT2D eigenvalue weighted by molar-refractivity contribution is 5.88. The van der Waals surface area contributed by atoms with Gasteiger partial charge in [-0.3, -0.25) is 4.79 Å². The van der Waals surface area contributed by atoms with Gasteiger partial charge in [0.2, 0.25) is 0 Å². The zero-order valence-electron chi connectivity index (χ0n) is 9.87. The first kappa shape index (κ1) is 13.7. The van der Waals surface area contributed by atoms with Crippen LogP contribution in [0.2, 0.25) is 0 Å². The summed E-state index contributed by atoms with van der Waals surface area (Å²) in [6.45, 7) is 6.75. The normalized spacial score (nSPS) is 15.4. The molecule has 0 aromatic heterocycles. The molecular weight excluding hydrogens is 196 g/mol. The van der Waals surface area contributed by atoms with Crippen LogP contribution in [-0.4, -0.2) is 25.2 Å². The van der Waals surface area contributed by atoms with Gasteiger partial charge in [0, 0.05) is 5.57 Å². The first-order chi connectivity index (χ1) is 6.93. The molecule has 0 saturated heterocycles. The fraction of sp³-hybridized carbons (Fsp3) is 0.636. The second-order valence-corrected chi connectivity index (χ2v) is 3.39. The van der Waals surface area contributed by atoms with E-state index in [2.05, 4.69) is 4.74 Å². The van der Waals surface area contributed by atoms with E-state index >= 15 is 0 Å². The van der Waals surface area contributed by atoms with E-state index in [9.17, 15) is 9.59 Å². The number of carbonyl (C=O) groups excluding carboxylic acids is 2. The van der Waals surface area contributed by atoms with Gasteiger partial charge in [-0.05, 0) is 27.7 Å². The Morgan fingerprint density at radius 3 is 2.20 bits per heavy atom. The molecule has 0 fully saturated rings. The minimum Gasteiger partial charge on any atom is -0.469 e. The van der Waals surface area contributed by atoms with E-state index in [1.165, 1.54) is 7.11 Å². The Hall–Kier alpha value is -1.32. The summed E-state index contributed by atoms with van der Waals surface area (Å²) < 4.78 is 9.64. The Morgan fingerprint density at radius 2 is 1.80 bits per heavy atom. The van der Waals surface area contributed by atoms with Crippen molar-refractivity contribution in [2.75, 3.05) is 7.11 Å². The van der Waals surface area contributed by atoms with E-state index in [1.807, 2.05) is 0 Å². The smallest absolute Gasteiger partial charge is 0.333 e. The van der Waals surface area contributed by atoms with Crippen LogP contribution in [-0.2, 0) is 19.1 Å². The van der Waals surface area contributed by atoms with E-state index in [0.29, 0.717) is 5.57 Å². The minimum atomic E-state index is -0.486. The molecule has 0 amide bonds. The van der Waals surface area contributed by atoms with E-state index < -0.39 is 18.0 Å². The van der Waals surface area contributed by atoms with Crippen LogP contribution < -0.4 is 0 Å². The first-order valence-corrected chi connectivity index (χ1v) is 4.85. The molecule has 0 rings (SSSR count). The molecule has 0 unspecified atom stereocenters. The van der Waals surface area contributed by atoms with Crippen molar-refractivity contribution in [3.8, 4) is 0 Å². The summed E-state index contributed by atoms with van der Waals surface area (Å²) in [5, 5.41) is 0. The standard InChI is InChI=1S/C11H18O4/c1-6-7(2)10(12)15-9(4)8(3)11(13)14-5/h6,8-9H,1-5H3/b7-6+/t8-,9-/m0/s1. The van der Waals surface area contributed by atoms with Gasteiger partial charge >= 0.3 is 11.9 Å². The Labute approximate surface area is 90.2 Å². The highest BCUT2D eigenvalue weighted by atomic mass is 16.6. The van der Waals surface area contributed by atoms with Crippen molar-refractivity contribution >= 4 is 11.9 Å². The van der Waals surface area contributed by atoms with E-state index in [1.54, 1.807) is 33.8 Å². The van der Waals surface area contributed by atoms with Gasteiger partial charge in [0.05, 0.1) is 13.0 Å². The monoisotopic (exact) mass is 214 g/mol. The van der Waals surface area contributed by atoms with Crippen molar-refractivity contribution in [2.24, 2.45) is 5.92 Å². The largest absolute Gasteiger partial charge is 0.469 e. The van der Waals surface area contributed by atoms with Crippen LogP contribution in [0.15, 0.2) is 11.6 Å². The molecule has 0 saturated carbocycles. The highest BCUT2D eigenvalue weighted by Gasteiger charge is 2.24. The van der Waals surface area contributed by atoms with Crippen molar-refractivity contribution in [1.82, 2.24) is 0 Å².